The highest BCUT2D eigenvalue weighted by Crippen LogP contribution is 2.38. The number of halogens is 1. The molecule has 3 rings (SSSR count). The van der Waals surface area contributed by atoms with Crippen molar-refractivity contribution in [1.82, 2.24) is 16.0 Å². The molecule has 3 unspecified atom stereocenters. The number of hydrogen-bond acceptors (Lipinski definition) is 4. The van der Waals surface area contributed by atoms with E-state index in [-0.39, 0.29) is 30.2 Å². The van der Waals surface area contributed by atoms with Crippen LogP contribution in [0.3, 0.4) is 0 Å². The largest absolute Gasteiger partial charge is 0.480 e. The minimum Gasteiger partial charge on any atom is -0.480 e. The van der Waals surface area contributed by atoms with E-state index in [1.54, 1.807) is 6.92 Å². The zero-order chi connectivity index (χ0) is 15.9. The van der Waals surface area contributed by atoms with Gasteiger partial charge in [-0.25, -0.2) is 9.18 Å². The van der Waals surface area contributed by atoms with Gasteiger partial charge in [0, 0.05) is 19.5 Å². The highest BCUT2D eigenvalue weighted by atomic mass is 19.1. The van der Waals surface area contributed by atoms with Crippen LogP contribution in [0.4, 0.5) is 9.18 Å². The van der Waals surface area contributed by atoms with E-state index in [2.05, 4.69) is 16.0 Å². The second kappa shape index (κ2) is 5.11. The summed E-state index contributed by atoms with van der Waals surface area (Å²) in [7, 11) is 0. The number of amides is 3. The molecule has 7 nitrogen and oxygen atoms in total. The molecule has 2 aliphatic heterocycles. The van der Waals surface area contributed by atoms with Crippen LogP contribution in [0.25, 0.3) is 0 Å². The standard InChI is InChI=1S/C14H16FN3O4/c1-2-16-12(20)9-5-14(6-17-13(21)18-14)10-8(22-9)4-3-7(15)11(10)19/h3-4,7,9H,2,5-6H2,1H3,(H,16,20)(H2,17,18,21). The molecule has 8 heteroatoms. The third kappa shape index (κ3) is 2.15. The monoisotopic (exact) mass is 309 g/mol. The average molecular weight is 309 g/mol. The zero-order valence-electron chi connectivity index (χ0n) is 11.9. The topological polar surface area (TPSA) is 96.5 Å². The van der Waals surface area contributed by atoms with Crippen molar-refractivity contribution in [2.24, 2.45) is 0 Å². The first kappa shape index (κ1) is 14.6. The van der Waals surface area contributed by atoms with Crippen molar-refractivity contribution in [3.8, 4) is 0 Å². The molecule has 22 heavy (non-hydrogen) atoms. The van der Waals surface area contributed by atoms with Crippen LogP contribution in [0.1, 0.15) is 13.3 Å². The molecular weight excluding hydrogens is 293 g/mol. The smallest absolute Gasteiger partial charge is 0.315 e. The fourth-order valence-electron chi connectivity index (χ4n) is 3.03. The fourth-order valence-corrected chi connectivity index (χ4v) is 3.03. The molecule has 1 fully saturated rings. The Morgan fingerprint density at radius 1 is 1.55 bits per heavy atom. The Bertz CT molecular complexity index is 615. The van der Waals surface area contributed by atoms with Crippen LogP contribution < -0.4 is 16.0 Å². The molecule has 0 saturated carbocycles. The maximum Gasteiger partial charge on any atom is 0.315 e. The van der Waals surface area contributed by atoms with Crippen LogP contribution in [0.15, 0.2) is 23.5 Å². The Morgan fingerprint density at radius 2 is 2.32 bits per heavy atom. The van der Waals surface area contributed by atoms with Crippen LogP contribution in [-0.2, 0) is 14.3 Å². The Kier molecular flexibility index (Phi) is 3.38. The van der Waals surface area contributed by atoms with Gasteiger partial charge in [0.1, 0.15) is 5.76 Å². The molecule has 0 bridgehead atoms. The maximum atomic E-state index is 13.7. The third-order valence-electron chi connectivity index (χ3n) is 3.99. The molecule has 2 heterocycles. The van der Waals surface area contributed by atoms with Crippen LogP contribution in [-0.4, -0.2) is 48.6 Å². The lowest BCUT2D eigenvalue weighted by molar-refractivity contribution is -0.133. The predicted molar refractivity (Wildman–Crippen MR) is 73.5 cm³/mol. The van der Waals surface area contributed by atoms with Crippen molar-refractivity contribution in [1.29, 1.82) is 0 Å². The first-order chi connectivity index (χ1) is 10.5. The van der Waals surface area contributed by atoms with E-state index < -0.39 is 29.6 Å². The summed E-state index contributed by atoms with van der Waals surface area (Å²) < 4.78 is 19.3. The van der Waals surface area contributed by atoms with Crippen molar-refractivity contribution in [2.45, 2.75) is 31.2 Å². The van der Waals surface area contributed by atoms with Crippen molar-refractivity contribution in [3.63, 3.8) is 0 Å². The first-order valence-electron chi connectivity index (χ1n) is 7.08. The van der Waals surface area contributed by atoms with E-state index in [1.807, 2.05) is 0 Å². The number of hydrogen-bond donors (Lipinski definition) is 3. The number of ketones is 1. The lowest BCUT2D eigenvalue weighted by atomic mass is 9.77. The summed E-state index contributed by atoms with van der Waals surface area (Å²) in [6.07, 6.45) is -0.119. The van der Waals surface area contributed by atoms with Crippen molar-refractivity contribution >= 4 is 17.7 Å². The molecule has 0 aromatic carbocycles. The van der Waals surface area contributed by atoms with Crippen LogP contribution >= 0.6 is 0 Å². The van der Waals surface area contributed by atoms with Gasteiger partial charge in [0.25, 0.3) is 5.91 Å². The summed E-state index contributed by atoms with van der Waals surface area (Å²) in [4.78, 5) is 35.8. The highest BCUT2D eigenvalue weighted by Gasteiger charge is 2.53. The van der Waals surface area contributed by atoms with E-state index in [0.29, 0.717) is 6.54 Å². The zero-order valence-corrected chi connectivity index (χ0v) is 11.9. The lowest BCUT2D eigenvalue weighted by Crippen LogP contribution is -2.57. The molecule has 0 aromatic heterocycles. The number of carbonyl (C=O) groups excluding carboxylic acids is 3. The van der Waals surface area contributed by atoms with E-state index in [1.165, 1.54) is 6.08 Å². The number of carbonyl (C=O) groups is 3. The number of fused-ring (bicyclic) bond motifs is 1. The normalized spacial score (nSPS) is 33.2. The van der Waals surface area contributed by atoms with Crippen LogP contribution in [0.5, 0.6) is 0 Å². The molecule has 3 amide bonds. The van der Waals surface area contributed by atoms with Gasteiger partial charge in [-0.15, -0.1) is 0 Å². The second-order valence-corrected chi connectivity index (χ2v) is 5.46. The molecule has 118 valence electrons. The van der Waals surface area contributed by atoms with Gasteiger partial charge in [0.2, 0.25) is 5.78 Å². The summed E-state index contributed by atoms with van der Waals surface area (Å²) in [5.74, 6) is -0.931. The van der Waals surface area contributed by atoms with Gasteiger partial charge in [-0.3, -0.25) is 9.59 Å². The number of rotatable bonds is 2. The number of allylic oxidation sites excluding steroid dienone is 2. The van der Waals surface area contributed by atoms with E-state index >= 15 is 0 Å². The van der Waals surface area contributed by atoms with Crippen LogP contribution in [0.2, 0.25) is 0 Å². The van der Waals surface area contributed by atoms with Gasteiger partial charge in [-0.1, -0.05) is 0 Å². The molecule has 1 saturated heterocycles. The SMILES string of the molecule is CCNC(=O)C1CC2(CNC(=O)N2)C2=C(C=CC(F)C2=O)O1. The maximum absolute atomic E-state index is 13.7. The number of nitrogens with one attached hydrogen (secondary N) is 3. The Morgan fingerprint density at radius 3 is 2.95 bits per heavy atom. The second-order valence-electron chi connectivity index (χ2n) is 5.46. The summed E-state index contributed by atoms with van der Waals surface area (Å²) >= 11 is 0. The molecule has 1 aliphatic carbocycles. The van der Waals surface area contributed by atoms with Gasteiger partial charge in [0.05, 0.1) is 11.1 Å². The molecule has 0 radical (unpaired) electrons. The van der Waals surface area contributed by atoms with Crippen LogP contribution in [0, 0.1) is 0 Å². The van der Waals surface area contributed by atoms with Gasteiger partial charge < -0.3 is 20.7 Å². The predicted octanol–water partition coefficient (Wildman–Crippen LogP) is -0.306. The number of alkyl halides is 1. The van der Waals surface area contributed by atoms with Crippen molar-refractivity contribution in [2.75, 3.05) is 13.1 Å². The summed E-state index contributed by atoms with van der Waals surface area (Å²) in [6.45, 7) is 2.32. The quantitative estimate of drug-likeness (QED) is 0.652. The average Bonchev–Trinajstić information content (AvgIpc) is 2.84. The van der Waals surface area contributed by atoms with E-state index in [4.69, 9.17) is 4.74 Å². The Labute approximate surface area is 126 Å². The number of urea groups is 1. The van der Waals surface area contributed by atoms with E-state index in [9.17, 15) is 18.8 Å². The van der Waals surface area contributed by atoms with Gasteiger partial charge in [-0.05, 0) is 19.1 Å². The lowest BCUT2D eigenvalue weighted by Gasteiger charge is -2.40. The molecule has 3 N–H and O–H groups in total. The number of Topliss-reactive ketones (excluding diaryl/α,β-unsaturated/α-hetero) is 1. The fraction of sp³-hybridized carbons (Fsp3) is 0.500. The van der Waals surface area contributed by atoms with Gasteiger partial charge in [-0.2, -0.15) is 0 Å². The number of likely N-dealkylation sites (N-methyl/N-ethyl adjacent to an activating group) is 1. The van der Waals surface area contributed by atoms with Gasteiger partial charge >= 0.3 is 6.03 Å². The summed E-state index contributed by atoms with van der Waals surface area (Å²) in [5, 5.41) is 7.87. The van der Waals surface area contributed by atoms with Crippen molar-refractivity contribution in [3.05, 3.63) is 23.5 Å². The molecule has 1 spiro atoms. The molecule has 0 aromatic rings. The summed E-state index contributed by atoms with van der Waals surface area (Å²) in [5.41, 5.74) is -1.03. The molecule has 3 aliphatic rings. The number of ether oxygens (including phenoxy) is 1. The highest BCUT2D eigenvalue weighted by molar-refractivity contribution is 6.05. The minimum absolute atomic E-state index is 0.0721. The third-order valence-corrected chi connectivity index (χ3v) is 3.99. The minimum atomic E-state index is -1.77. The molecule has 3 atom stereocenters. The Hall–Kier alpha value is -2.38. The first-order valence-corrected chi connectivity index (χ1v) is 7.08. The summed E-state index contributed by atoms with van der Waals surface area (Å²) in [6, 6.07) is -0.457. The molecular formula is C14H16FN3O4. The Balaban J connectivity index is 2.01. The van der Waals surface area contributed by atoms with E-state index in [0.717, 1.165) is 6.08 Å². The van der Waals surface area contributed by atoms with Crippen molar-refractivity contribution < 1.29 is 23.5 Å². The van der Waals surface area contributed by atoms with Gasteiger partial charge in [0.15, 0.2) is 12.3 Å².